The summed E-state index contributed by atoms with van der Waals surface area (Å²) < 4.78 is 6.64. The van der Waals surface area contributed by atoms with Gasteiger partial charge in [-0.2, -0.15) is 0 Å². The minimum atomic E-state index is -0.373. The van der Waals surface area contributed by atoms with Gasteiger partial charge in [0.2, 0.25) is 0 Å². The van der Waals surface area contributed by atoms with Crippen LogP contribution in [0.15, 0.2) is 9.95 Å². The van der Waals surface area contributed by atoms with E-state index in [-0.39, 0.29) is 16.9 Å². The van der Waals surface area contributed by atoms with E-state index in [1.165, 1.54) is 11.8 Å². The fourth-order valence-corrected chi connectivity index (χ4v) is 2.31. The number of carbonyl (C=O) groups is 1. The highest BCUT2D eigenvalue weighted by atomic mass is 32.2. The normalized spacial score (nSPS) is 12.4. The number of aromatic nitrogens is 3. The molecule has 6 nitrogen and oxygen atoms in total. The van der Waals surface area contributed by atoms with E-state index < -0.39 is 0 Å². The van der Waals surface area contributed by atoms with Crippen LogP contribution in [-0.2, 0) is 16.1 Å². The standard InChI is InChI=1S/C12H21N3O3S/c1-4-6-7-15-11(17)13-14-12(15)19-9(3)10(16)18-8-5-2/h9H,4-8H2,1-3H3,(H,13,17). The molecule has 108 valence electrons. The molecule has 1 unspecified atom stereocenters. The van der Waals surface area contributed by atoms with E-state index in [1.54, 1.807) is 11.5 Å². The second-order valence-electron chi connectivity index (χ2n) is 4.24. The van der Waals surface area contributed by atoms with Gasteiger partial charge in [0.15, 0.2) is 5.16 Å². The number of hydrogen-bond acceptors (Lipinski definition) is 5. The molecule has 0 aliphatic heterocycles. The van der Waals surface area contributed by atoms with Gasteiger partial charge in [-0.3, -0.25) is 9.36 Å². The third-order valence-corrected chi connectivity index (χ3v) is 3.59. The number of aromatic amines is 1. The molecule has 0 amide bonds. The highest BCUT2D eigenvalue weighted by molar-refractivity contribution is 8.00. The van der Waals surface area contributed by atoms with Crippen molar-refractivity contribution in [3.05, 3.63) is 10.5 Å². The monoisotopic (exact) mass is 287 g/mol. The second-order valence-corrected chi connectivity index (χ2v) is 5.55. The second kappa shape index (κ2) is 8.04. The maximum absolute atomic E-state index is 11.7. The number of H-pyrrole nitrogens is 1. The lowest BCUT2D eigenvalue weighted by Gasteiger charge is -2.10. The predicted molar refractivity (Wildman–Crippen MR) is 74.3 cm³/mol. The number of nitrogens with one attached hydrogen (secondary N) is 1. The van der Waals surface area contributed by atoms with Crippen molar-refractivity contribution < 1.29 is 9.53 Å². The van der Waals surface area contributed by atoms with E-state index in [0.29, 0.717) is 18.3 Å². The highest BCUT2D eigenvalue weighted by Gasteiger charge is 2.19. The van der Waals surface area contributed by atoms with Crippen LogP contribution in [-0.4, -0.2) is 32.6 Å². The Morgan fingerprint density at radius 2 is 2.21 bits per heavy atom. The fraction of sp³-hybridized carbons (Fsp3) is 0.750. The number of ether oxygens (including phenoxy) is 1. The molecule has 1 aromatic rings. The Bertz CT molecular complexity index is 455. The summed E-state index contributed by atoms with van der Waals surface area (Å²) in [6.45, 7) is 6.80. The van der Waals surface area contributed by atoms with Crippen LogP contribution in [0.2, 0.25) is 0 Å². The summed E-state index contributed by atoms with van der Waals surface area (Å²) in [4.78, 5) is 23.3. The van der Waals surface area contributed by atoms with Gasteiger partial charge in [-0.1, -0.05) is 32.0 Å². The first-order valence-electron chi connectivity index (χ1n) is 6.58. The van der Waals surface area contributed by atoms with Crippen LogP contribution in [0.1, 0.15) is 40.0 Å². The van der Waals surface area contributed by atoms with Crippen molar-refractivity contribution in [3.63, 3.8) is 0 Å². The third kappa shape index (κ3) is 4.74. The molecule has 0 fully saturated rings. The number of rotatable bonds is 8. The zero-order valence-corrected chi connectivity index (χ0v) is 12.5. The van der Waals surface area contributed by atoms with Gasteiger partial charge in [-0.05, 0) is 19.8 Å². The Hall–Kier alpha value is -1.24. The van der Waals surface area contributed by atoms with Crippen molar-refractivity contribution in [2.45, 2.75) is 57.0 Å². The Morgan fingerprint density at radius 1 is 1.47 bits per heavy atom. The SMILES string of the molecule is CCCCn1c(SC(C)C(=O)OCCC)n[nH]c1=O. The Balaban J connectivity index is 2.65. The van der Waals surface area contributed by atoms with E-state index in [2.05, 4.69) is 17.1 Å². The molecule has 1 heterocycles. The summed E-state index contributed by atoms with van der Waals surface area (Å²) in [5.41, 5.74) is -0.231. The van der Waals surface area contributed by atoms with Crippen LogP contribution in [0.5, 0.6) is 0 Å². The number of esters is 1. The maximum Gasteiger partial charge on any atom is 0.343 e. The van der Waals surface area contributed by atoms with Gasteiger partial charge in [0, 0.05) is 6.54 Å². The number of thioether (sulfide) groups is 1. The molecule has 0 spiro atoms. The molecule has 0 saturated heterocycles. The quantitative estimate of drug-likeness (QED) is 0.583. The van der Waals surface area contributed by atoms with E-state index in [1.807, 2.05) is 6.92 Å². The van der Waals surface area contributed by atoms with Crippen molar-refractivity contribution in [3.8, 4) is 0 Å². The molecule has 1 N–H and O–H groups in total. The van der Waals surface area contributed by atoms with Crippen molar-refractivity contribution >= 4 is 17.7 Å². The molecular formula is C12H21N3O3S. The molecule has 0 bridgehead atoms. The largest absolute Gasteiger partial charge is 0.465 e. The summed E-state index contributed by atoms with van der Waals surface area (Å²) in [6, 6.07) is 0. The predicted octanol–water partition coefficient (Wildman–Crippen LogP) is 1.81. The van der Waals surface area contributed by atoms with Crippen molar-refractivity contribution in [1.29, 1.82) is 0 Å². The van der Waals surface area contributed by atoms with Gasteiger partial charge < -0.3 is 4.74 Å². The number of hydrogen-bond donors (Lipinski definition) is 1. The van der Waals surface area contributed by atoms with E-state index >= 15 is 0 Å². The number of carbonyl (C=O) groups excluding carboxylic acids is 1. The smallest absolute Gasteiger partial charge is 0.343 e. The van der Waals surface area contributed by atoms with Crippen LogP contribution < -0.4 is 5.69 Å². The molecule has 19 heavy (non-hydrogen) atoms. The summed E-state index contributed by atoms with van der Waals surface area (Å²) in [5, 5.41) is 6.54. The summed E-state index contributed by atoms with van der Waals surface area (Å²) >= 11 is 1.25. The van der Waals surface area contributed by atoms with Crippen LogP contribution in [0, 0.1) is 0 Å². The average Bonchev–Trinajstić information content (AvgIpc) is 2.74. The Kier molecular flexibility index (Phi) is 6.69. The van der Waals surface area contributed by atoms with Gasteiger partial charge in [-0.25, -0.2) is 9.89 Å². The van der Waals surface area contributed by atoms with Crippen molar-refractivity contribution in [1.82, 2.24) is 14.8 Å². The maximum atomic E-state index is 11.7. The zero-order valence-electron chi connectivity index (χ0n) is 11.6. The van der Waals surface area contributed by atoms with Crippen LogP contribution >= 0.6 is 11.8 Å². The molecule has 0 aliphatic carbocycles. The van der Waals surface area contributed by atoms with Gasteiger partial charge in [-0.15, -0.1) is 5.10 Å². The van der Waals surface area contributed by atoms with Crippen molar-refractivity contribution in [2.24, 2.45) is 0 Å². The minimum absolute atomic E-state index is 0.231. The first-order valence-corrected chi connectivity index (χ1v) is 7.46. The Morgan fingerprint density at radius 3 is 2.84 bits per heavy atom. The zero-order chi connectivity index (χ0) is 14.3. The molecule has 0 aromatic carbocycles. The lowest BCUT2D eigenvalue weighted by atomic mass is 10.3. The van der Waals surface area contributed by atoms with Gasteiger partial charge in [0.25, 0.3) is 0 Å². The number of unbranched alkanes of at least 4 members (excludes halogenated alkanes) is 1. The number of nitrogens with zero attached hydrogens (tertiary/aromatic N) is 2. The summed E-state index contributed by atoms with van der Waals surface area (Å²) in [5.74, 6) is -0.274. The molecule has 1 aromatic heterocycles. The first kappa shape index (κ1) is 15.8. The molecule has 1 atom stereocenters. The minimum Gasteiger partial charge on any atom is -0.465 e. The molecule has 7 heteroatoms. The van der Waals surface area contributed by atoms with Crippen molar-refractivity contribution in [2.75, 3.05) is 6.61 Å². The van der Waals surface area contributed by atoms with E-state index in [4.69, 9.17) is 4.74 Å². The molecular weight excluding hydrogens is 266 g/mol. The Labute approximate surface area is 116 Å². The lowest BCUT2D eigenvalue weighted by molar-refractivity contribution is -0.142. The van der Waals surface area contributed by atoms with Crippen LogP contribution in [0.4, 0.5) is 0 Å². The van der Waals surface area contributed by atoms with Gasteiger partial charge in [0.05, 0.1) is 6.61 Å². The van der Waals surface area contributed by atoms with Gasteiger partial charge in [0.1, 0.15) is 5.25 Å². The lowest BCUT2D eigenvalue weighted by Crippen LogP contribution is -2.21. The highest BCUT2D eigenvalue weighted by Crippen LogP contribution is 2.21. The molecule has 0 saturated carbocycles. The average molecular weight is 287 g/mol. The van der Waals surface area contributed by atoms with Crippen LogP contribution in [0.3, 0.4) is 0 Å². The van der Waals surface area contributed by atoms with Gasteiger partial charge >= 0.3 is 11.7 Å². The van der Waals surface area contributed by atoms with Crippen LogP contribution in [0.25, 0.3) is 0 Å². The molecule has 0 aliphatic rings. The first-order chi connectivity index (χ1) is 9.10. The summed E-state index contributed by atoms with van der Waals surface area (Å²) in [6.07, 6.45) is 2.70. The van der Waals surface area contributed by atoms with E-state index in [0.717, 1.165) is 19.3 Å². The third-order valence-electron chi connectivity index (χ3n) is 2.52. The van der Waals surface area contributed by atoms with E-state index in [9.17, 15) is 9.59 Å². The molecule has 0 radical (unpaired) electrons. The summed E-state index contributed by atoms with van der Waals surface area (Å²) in [7, 11) is 0. The molecule has 1 rings (SSSR count). The topological polar surface area (TPSA) is 77.0 Å². The fourth-order valence-electron chi connectivity index (χ4n) is 1.43.